The maximum Gasteiger partial charge on any atom is 0.227 e. The van der Waals surface area contributed by atoms with Crippen molar-refractivity contribution in [3.05, 3.63) is 64.7 Å². The number of benzene rings is 2. The largest absolute Gasteiger partial charge is 0.508 e. The SMILES string of the molecule is CCC=O.CCCN(CCC(C)CC)C(=O)C1CCN(C(C)(C)C)C1.CO.Cc1ccc(O)cc1F.Fc1cccc(Cl)c1. The summed E-state index contributed by atoms with van der Waals surface area (Å²) in [7, 11) is 1.00. The van der Waals surface area contributed by atoms with Crippen LogP contribution in [0.2, 0.25) is 5.02 Å². The van der Waals surface area contributed by atoms with Crippen molar-refractivity contribution in [2.24, 2.45) is 11.8 Å². The minimum absolute atomic E-state index is 0.0295. The number of likely N-dealkylation sites (tertiary alicyclic amines) is 1. The van der Waals surface area contributed by atoms with Crippen LogP contribution in [0.5, 0.6) is 5.75 Å². The smallest absolute Gasteiger partial charge is 0.227 e. The van der Waals surface area contributed by atoms with Gasteiger partial charge < -0.3 is 19.9 Å². The molecule has 2 aromatic carbocycles. The van der Waals surface area contributed by atoms with Gasteiger partial charge in [0.05, 0.1) is 5.92 Å². The third kappa shape index (κ3) is 19.7. The van der Waals surface area contributed by atoms with E-state index in [0.717, 1.165) is 64.9 Å². The molecule has 0 radical (unpaired) electrons. The van der Waals surface area contributed by atoms with Gasteiger partial charge in [-0.05, 0) is 89.2 Å². The highest BCUT2D eigenvalue weighted by Gasteiger charge is 2.35. The molecule has 1 fully saturated rings. The van der Waals surface area contributed by atoms with E-state index in [2.05, 4.69) is 51.3 Å². The lowest BCUT2D eigenvalue weighted by molar-refractivity contribution is -0.135. The number of hydrogen-bond donors (Lipinski definition) is 2. The number of rotatable bonds is 8. The molecule has 0 spiro atoms. The van der Waals surface area contributed by atoms with E-state index in [4.69, 9.17) is 21.8 Å². The Labute approximate surface area is 270 Å². The Morgan fingerprint density at radius 3 is 2.11 bits per heavy atom. The maximum atomic E-state index is 12.8. The number of hydrogen-bond acceptors (Lipinski definition) is 5. The average molecular weight is 643 g/mol. The summed E-state index contributed by atoms with van der Waals surface area (Å²) in [6, 6.07) is 9.90. The van der Waals surface area contributed by atoms with E-state index in [1.165, 1.54) is 30.7 Å². The van der Waals surface area contributed by atoms with E-state index in [1.54, 1.807) is 19.1 Å². The summed E-state index contributed by atoms with van der Waals surface area (Å²) in [6.07, 6.45) is 5.94. The highest BCUT2D eigenvalue weighted by molar-refractivity contribution is 6.30. The number of carbonyl (C=O) groups excluding carboxylic acids is 2. The second-order valence-electron chi connectivity index (χ2n) is 11.7. The van der Waals surface area contributed by atoms with Gasteiger partial charge in [0.1, 0.15) is 23.7 Å². The molecule has 252 valence electrons. The highest BCUT2D eigenvalue weighted by atomic mass is 35.5. The van der Waals surface area contributed by atoms with Crippen molar-refractivity contribution in [1.29, 1.82) is 0 Å². The maximum absolute atomic E-state index is 12.8. The molecule has 0 bridgehead atoms. The van der Waals surface area contributed by atoms with Crippen LogP contribution in [0.3, 0.4) is 0 Å². The molecule has 2 unspecified atom stereocenters. The molecule has 1 heterocycles. The number of aliphatic hydroxyl groups is 1. The van der Waals surface area contributed by atoms with Gasteiger partial charge in [-0.1, -0.05) is 57.8 Å². The molecule has 1 aliphatic heterocycles. The van der Waals surface area contributed by atoms with Crippen molar-refractivity contribution < 1.29 is 28.6 Å². The highest BCUT2D eigenvalue weighted by Crippen LogP contribution is 2.26. The van der Waals surface area contributed by atoms with Crippen molar-refractivity contribution in [3.8, 4) is 5.75 Å². The van der Waals surface area contributed by atoms with Crippen LogP contribution in [0, 0.1) is 30.4 Å². The predicted molar refractivity (Wildman–Crippen MR) is 179 cm³/mol. The van der Waals surface area contributed by atoms with Crippen molar-refractivity contribution in [2.75, 3.05) is 33.3 Å². The second kappa shape index (κ2) is 24.7. The summed E-state index contributed by atoms with van der Waals surface area (Å²) >= 11 is 5.40. The zero-order valence-corrected chi connectivity index (χ0v) is 29.1. The fourth-order valence-corrected chi connectivity index (χ4v) is 4.23. The lowest BCUT2D eigenvalue weighted by atomic mass is 10.0. The summed E-state index contributed by atoms with van der Waals surface area (Å²) in [5, 5.41) is 16.1. The number of amides is 1. The van der Waals surface area contributed by atoms with Crippen LogP contribution >= 0.6 is 11.6 Å². The number of aldehydes is 1. The van der Waals surface area contributed by atoms with Gasteiger partial charge in [0, 0.05) is 49.8 Å². The third-order valence-corrected chi connectivity index (χ3v) is 7.22. The summed E-state index contributed by atoms with van der Waals surface area (Å²) in [5.74, 6) is 0.636. The van der Waals surface area contributed by atoms with E-state index in [9.17, 15) is 18.4 Å². The number of aliphatic hydroxyl groups excluding tert-OH is 1. The molecule has 44 heavy (non-hydrogen) atoms. The molecule has 1 aliphatic rings. The van der Waals surface area contributed by atoms with E-state index in [-0.39, 0.29) is 28.8 Å². The van der Waals surface area contributed by atoms with Gasteiger partial charge in [0.25, 0.3) is 0 Å². The first-order chi connectivity index (χ1) is 20.7. The number of phenols is 1. The zero-order valence-electron chi connectivity index (χ0n) is 28.4. The van der Waals surface area contributed by atoms with E-state index >= 15 is 0 Å². The second-order valence-corrected chi connectivity index (χ2v) is 12.1. The molecular weight excluding hydrogens is 586 g/mol. The van der Waals surface area contributed by atoms with Crippen LogP contribution in [-0.4, -0.2) is 71.0 Å². The summed E-state index contributed by atoms with van der Waals surface area (Å²) in [4.78, 5) is 26.6. The monoisotopic (exact) mass is 642 g/mol. The molecule has 2 aromatic rings. The van der Waals surface area contributed by atoms with Gasteiger partial charge in [0.15, 0.2) is 0 Å². The van der Waals surface area contributed by atoms with Crippen LogP contribution in [0.4, 0.5) is 8.78 Å². The number of phenolic OH excluding ortho intramolecular Hbond substituents is 1. The normalized spacial score (nSPS) is 14.6. The molecule has 9 heteroatoms. The Bertz CT molecular complexity index is 1030. The number of carbonyl (C=O) groups is 2. The Balaban J connectivity index is 0. The van der Waals surface area contributed by atoms with Crippen molar-refractivity contribution in [2.45, 2.75) is 93.0 Å². The van der Waals surface area contributed by atoms with Crippen molar-refractivity contribution >= 4 is 23.8 Å². The Morgan fingerprint density at radius 2 is 1.73 bits per heavy atom. The molecule has 6 nitrogen and oxygen atoms in total. The lowest BCUT2D eigenvalue weighted by Crippen LogP contribution is -2.42. The van der Waals surface area contributed by atoms with Crippen LogP contribution in [0.15, 0.2) is 42.5 Å². The van der Waals surface area contributed by atoms with Gasteiger partial charge in [-0.2, -0.15) is 0 Å². The van der Waals surface area contributed by atoms with Crippen LogP contribution < -0.4 is 0 Å². The lowest BCUT2D eigenvalue weighted by Gasteiger charge is -2.32. The molecule has 2 N–H and O–H groups in total. The predicted octanol–water partition coefficient (Wildman–Crippen LogP) is 8.30. The third-order valence-electron chi connectivity index (χ3n) is 6.99. The molecule has 2 atom stereocenters. The standard InChI is InChI=1S/C18H36N2O.C7H7FO.C6H4ClF.C3H6O.CH4O/c1-7-11-19(12-9-15(3)8-2)17(21)16-10-13-20(14-16)18(4,5)6;1-5-2-3-6(9)4-7(5)8;7-5-2-1-3-6(8)4-5;1-2-3-4;1-2/h15-16H,7-14H2,1-6H3;2-4,9H,1H3;1-4H;3H,2H2,1H3;2H,1H3. The first kappa shape index (κ1) is 43.6. The molecular formula is C35H57ClF2N2O4. The first-order valence-electron chi connectivity index (χ1n) is 15.5. The Hall–Kier alpha value is -2.55. The van der Waals surface area contributed by atoms with E-state index in [0.29, 0.717) is 28.8 Å². The van der Waals surface area contributed by atoms with Gasteiger partial charge in [-0.3, -0.25) is 9.69 Å². The molecule has 1 amide bonds. The summed E-state index contributed by atoms with van der Waals surface area (Å²) < 4.78 is 24.5. The Morgan fingerprint density at radius 1 is 1.11 bits per heavy atom. The minimum Gasteiger partial charge on any atom is -0.508 e. The fraction of sp³-hybridized carbons (Fsp3) is 0.600. The number of aromatic hydroxyl groups is 1. The Kier molecular flexibility index (Phi) is 24.5. The topological polar surface area (TPSA) is 81.1 Å². The van der Waals surface area contributed by atoms with Crippen LogP contribution in [0.1, 0.15) is 86.1 Å². The number of halogens is 3. The van der Waals surface area contributed by atoms with E-state index < -0.39 is 0 Å². The molecule has 3 rings (SSSR count). The van der Waals surface area contributed by atoms with E-state index in [1.807, 2.05) is 6.92 Å². The van der Waals surface area contributed by atoms with Crippen LogP contribution in [-0.2, 0) is 9.59 Å². The number of aryl methyl sites for hydroxylation is 1. The molecule has 0 saturated carbocycles. The molecule has 0 aliphatic carbocycles. The van der Waals surface area contributed by atoms with Crippen molar-refractivity contribution in [3.63, 3.8) is 0 Å². The quantitative estimate of drug-likeness (QED) is 0.283. The molecule has 0 aromatic heterocycles. The minimum atomic E-state index is -0.366. The van der Waals surface area contributed by atoms with Crippen LogP contribution in [0.25, 0.3) is 0 Å². The summed E-state index contributed by atoms with van der Waals surface area (Å²) in [5.41, 5.74) is 0.731. The van der Waals surface area contributed by atoms with Gasteiger partial charge in [-0.15, -0.1) is 0 Å². The fourth-order valence-electron chi connectivity index (χ4n) is 4.05. The zero-order chi connectivity index (χ0) is 34.3. The first-order valence-corrected chi connectivity index (χ1v) is 15.9. The van der Waals surface area contributed by atoms with Gasteiger partial charge in [-0.25, -0.2) is 8.78 Å². The molecule has 1 saturated heterocycles. The van der Waals surface area contributed by atoms with Crippen molar-refractivity contribution in [1.82, 2.24) is 9.80 Å². The average Bonchev–Trinajstić information content (AvgIpc) is 3.50. The number of nitrogens with zero attached hydrogens (tertiary/aromatic N) is 2. The van der Waals surface area contributed by atoms with Gasteiger partial charge >= 0.3 is 0 Å². The summed E-state index contributed by atoms with van der Waals surface area (Å²) in [6.45, 7) is 20.7. The van der Waals surface area contributed by atoms with Gasteiger partial charge in [0.2, 0.25) is 5.91 Å².